The highest BCUT2D eigenvalue weighted by atomic mass is 35.5. The van der Waals surface area contributed by atoms with Crippen molar-refractivity contribution in [3.05, 3.63) is 59.1 Å². The molecule has 2 aromatic rings. The lowest BCUT2D eigenvalue weighted by molar-refractivity contribution is -0.137. The van der Waals surface area contributed by atoms with Crippen LogP contribution in [0.25, 0.3) is 0 Å². The van der Waals surface area contributed by atoms with Crippen LogP contribution in [0.2, 0.25) is 5.02 Å². The zero-order valence-electron chi connectivity index (χ0n) is 12.4. The molecule has 0 amide bonds. The number of halogens is 4. The Hall–Kier alpha value is -1.88. The quantitative estimate of drug-likeness (QED) is 0.679. The van der Waals surface area contributed by atoms with Crippen molar-refractivity contribution in [3.63, 3.8) is 0 Å². The number of alkyl halides is 3. The van der Waals surface area contributed by atoms with Crippen molar-refractivity contribution < 1.29 is 22.6 Å². The molecule has 124 valence electrons. The van der Waals surface area contributed by atoms with Gasteiger partial charge in [-0.2, -0.15) is 13.2 Å². The predicted octanol–water partition coefficient (Wildman–Crippen LogP) is 5.60. The normalized spacial score (nSPS) is 12.7. The van der Waals surface area contributed by atoms with Crippen LogP contribution in [0.1, 0.15) is 18.9 Å². The van der Waals surface area contributed by atoms with Crippen molar-refractivity contribution in [2.45, 2.75) is 25.6 Å². The lowest BCUT2D eigenvalue weighted by Gasteiger charge is -2.17. The van der Waals surface area contributed by atoms with Gasteiger partial charge in [-0.05, 0) is 37.3 Å². The van der Waals surface area contributed by atoms with Crippen LogP contribution in [-0.4, -0.2) is 12.7 Å². The zero-order valence-corrected chi connectivity index (χ0v) is 13.2. The highest BCUT2D eigenvalue weighted by Gasteiger charge is 2.31. The van der Waals surface area contributed by atoms with E-state index in [2.05, 4.69) is 0 Å². The van der Waals surface area contributed by atoms with E-state index in [1.54, 1.807) is 0 Å². The Morgan fingerprint density at radius 3 is 2.39 bits per heavy atom. The average molecular weight is 345 g/mol. The van der Waals surface area contributed by atoms with E-state index in [-0.39, 0.29) is 16.9 Å². The highest BCUT2D eigenvalue weighted by Crippen LogP contribution is 2.35. The molecule has 1 atom stereocenters. The maximum atomic E-state index is 12.6. The van der Waals surface area contributed by atoms with Gasteiger partial charge in [0.2, 0.25) is 0 Å². The predicted molar refractivity (Wildman–Crippen MR) is 83.1 cm³/mol. The fraction of sp³-hybridized carbons (Fsp3) is 0.294. The second-order valence-corrected chi connectivity index (χ2v) is 5.43. The Kier molecular flexibility index (Phi) is 5.77. The minimum atomic E-state index is -4.42. The summed E-state index contributed by atoms with van der Waals surface area (Å²) in [7, 11) is 0. The first-order valence-corrected chi connectivity index (χ1v) is 7.45. The van der Waals surface area contributed by atoms with E-state index >= 15 is 0 Å². The second kappa shape index (κ2) is 7.59. The monoisotopic (exact) mass is 344 g/mol. The lowest BCUT2D eigenvalue weighted by Crippen LogP contribution is -2.16. The standard InChI is InChI=1S/C17H16ClF3O2/c1-12(9-10-22-14-5-3-2-4-6-14)23-16-8-7-13(11-15(16)18)17(19,20)21/h2-8,11-12H,9-10H2,1H3/t12-/m1/s1. The van der Waals surface area contributed by atoms with Gasteiger partial charge in [0.25, 0.3) is 0 Å². The van der Waals surface area contributed by atoms with E-state index < -0.39 is 11.7 Å². The molecule has 23 heavy (non-hydrogen) atoms. The maximum Gasteiger partial charge on any atom is 0.416 e. The number of hydrogen-bond donors (Lipinski definition) is 0. The molecule has 0 saturated heterocycles. The smallest absolute Gasteiger partial charge is 0.416 e. The van der Waals surface area contributed by atoms with Crippen LogP contribution in [-0.2, 0) is 6.18 Å². The molecule has 0 unspecified atom stereocenters. The van der Waals surface area contributed by atoms with Crippen LogP contribution in [0.3, 0.4) is 0 Å². The SMILES string of the molecule is C[C@H](CCOc1ccccc1)Oc1ccc(C(F)(F)F)cc1Cl. The summed E-state index contributed by atoms with van der Waals surface area (Å²) in [4.78, 5) is 0. The van der Waals surface area contributed by atoms with E-state index in [0.717, 1.165) is 17.9 Å². The van der Waals surface area contributed by atoms with E-state index in [9.17, 15) is 13.2 Å². The zero-order chi connectivity index (χ0) is 16.9. The van der Waals surface area contributed by atoms with Gasteiger partial charge >= 0.3 is 6.18 Å². The summed E-state index contributed by atoms with van der Waals surface area (Å²) >= 11 is 5.85. The molecule has 0 aliphatic heterocycles. The van der Waals surface area contributed by atoms with E-state index in [1.807, 2.05) is 37.3 Å². The molecule has 0 spiro atoms. The molecule has 0 aromatic heterocycles. The topological polar surface area (TPSA) is 18.5 Å². The molecule has 0 aliphatic carbocycles. The van der Waals surface area contributed by atoms with E-state index in [1.165, 1.54) is 6.07 Å². The Labute approximate surface area is 137 Å². The van der Waals surface area contributed by atoms with Gasteiger partial charge in [0, 0.05) is 6.42 Å². The molecular formula is C17H16ClF3O2. The van der Waals surface area contributed by atoms with Gasteiger partial charge in [-0.3, -0.25) is 0 Å². The van der Waals surface area contributed by atoms with Gasteiger partial charge in [0.15, 0.2) is 0 Å². The molecule has 6 heteroatoms. The third kappa shape index (κ3) is 5.36. The van der Waals surface area contributed by atoms with Gasteiger partial charge in [-0.25, -0.2) is 0 Å². The Morgan fingerprint density at radius 2 is 1.78 bits per heavy atom. The van der Waals surface area contributed by atoms with Crippen molar-refractivity contribution in [2.75, 3.05) is 6.61 Å². The fourth-order valence-electron chi connectivity index (χ4n) is 1.91. The highest BCUT2D eigenvalue weighted by molar-refractivity contribution is 6.32. The summed E-state index contributed by atoms with van der Waals surface area (Å²) in [6.45, 7) is 2.24. The minimum absolute atomic E-state index is 0.0596. The van der Waals surface area contributed by atoms with Crippen LogP contribution in [0, 0.1) is 0 Å². The first-order valence-electron chi connectivity index (χ1n) is 7.07. The van der Waals surface area contributed by atoms with Crippen LogP contribution in [0.15, 0.2) is 48.5 Å². The number of ether oxygens (including phenoxy) is 2. The third-order valence-corrected chi connectivity index (χ3v) is 3.42. The first kappa shape index (κ1) is 17.5. The van der Waals surface area contributed by atoms with Gasteiger partial charge in [0.1, 0.15) is 11.5 Å². The molecule has 2 aromatic carbocycles. The molecule has 2 rings (SSSR count). The van der Waals surface area contributed by atoms with Gasteiger partial charge in [-0.15, -0.1) is 0 Å². The fourth-order valence-corrected chi connectivity index (χ4v) is 2.13. The molecule has 0 bridgehead atoms. The van der Waals surface area contributed by atoms with Gasteiger partial charge < -0.3 is 9.47 Å². The number of rotatable bonds is 6. The molecule has 0 aliphatic rings. The Balaban J connectivity index is 1.86. The summed E-state index contributed by atoms with van der Waals surface area (Å²) in [6.07, 6.45) is -4.09. The molecule has 0 N–H and O–H groups in total. The van der Waals surface area contributed by atoms with Crippen molar-refractivity contribution in [1.82, 2.24) is 0 Å². The molecule has 2 nitrogen and oxygen atoms in total. The van der Waals surface area contributed by atoms with Crippen molar-refractivity contribution >= 4 is 11.6 Å². The van der Waals surface area contributed by atoms with Crippen molar-refractivity contribution in [3.8, 4) is 11.5 Å². The van der Waals surface area contributed by atoms with Crippen LogP contribution < -0.4 is 9.47 Å². The number of benzene rings is 2. The number of hydrogen-bond acceptors (Lipinski definition) is 2. The van der Waals surface area contributed by atoms with Crippen LogP contribution in [0.4, 0.5) is 13.2 Å². The summed E-state index contributed by atoms with van der Waals surface area (Å²) in [5, 5.41) is -0.0596. The van der Waals surface area contributed by atoms with Crippen molar-refractivity contribution in [2.24, 2.45) is 0 Å². The van der Waals surface area contributed by atoms with E-state index in [0.29, 0.717) is 13.0 Å². The molecule has 0 saturated carbocycles. The van der Waals surface area contributed by atoms with Crippen molar-refractivity contribution in [1.29, 1.82) is 0 Å². The van der Waals surface area contributed by atoms with Crippen LogP contribution in [0.5, 0.6) is 11.5 Å². The summed E-state index contributed by atoms with van der Waals surface area (Å²) in [6, 6.07) is 12.4. The molecule has 0 fully saturated rings. The summed E-state index contributed by atoms with van der Waals surface area (Å²) in [5.41, 5.74) is -0.796. The Bertz CT molecular complexity index is 629. The average Bonchev–Trinajstić information content (AvgIpc) is 2.49. The van der Waals surface area contributed by atoms with Gasteiger partial charge in [-0.1, -0.05) is 29.8 Å². The van der Waals surface area contributed by atoms with Gasteiger partial charge in [0.05, 0.1) is 23.3 Å². The molecule has 0 heterocycles. The van der Waals surface area contributed by atoms with Crippen LogP contribution >= 0.6 is 11.6 Å². The third-order valence-electron chi connectivity index (χ3n) is 3.12. The first-order chi connectivity index (χ1) is 10.9. The van der Waals surface area contributed by atoms with E-state index in [4.69, 9.17) is 21.1 Å². The second-order valence-electron chi connectivity index (χ2n) is 5.02. The summed E-state index contributed by atoms with van der Waals surface area (Å²) in [5.74, 6) is 0.985. The minimum Gasteiger partial charge on any atom is -0.493 e. The molecule has 0 radical (unpaired) electrons. The number of para-hydroxylation sites is 1. The Morgan fingerprint density at radius 1 is 1.09 bits per heavy atom. The molecular weight excluding hydrogens is 329 g/mol. The maximum absolute atomic E-state index is 12.6. The largest absolute Gasteiger partial charge is 0.493 e. The lowest BCUT2D eigenvalue weighted by atomic mass is 10.2. The summed E-state index contributed by atoms with van der Waals surface area (Å²) < 4.78 is 48.8.